The first-order valence-corrected chi connectivity index (χ1v) is 13.8. The molecule has 7 rings (SSSR count). The number of aromatic amines is 1. The maximum atomic E-state index is 13.1. The molecule has 1 saturated carbocycles. The van der Waals surface area contributed by atoms with Crippen molar-refractivity contribution in [1.82, 2.24) is 34.3 Å². The zero-order valence-corrected chi connectivity index (χ0v) is 21.8. The number of ether oxygens (including phenoxy) is 1. The van der Waals surface area contributed by atoms with E-state index in [2.05, 4.69) is 25.3 Å². The summed E-state index contributed by atoms with van der Waals surface area (Å²) in [5, 5.41) is 12.5. The molecule has 1 saturated heterocycles. The van der Waals surface area contributed by atoms with Crippen LogP contribution in [0.2, 0.25) is 0 Å². The number of hydrogen-bond acceptors (Lipinski definition) is 8. The number of carbonyl (C=O) groups excluding carboxylic acids is 1. The highest BCUT2D eigenvalue weighted by Gasteiger charge is 2.37. The number of thiazole rings is 1. The molecule has 6 heterocycles. The van der Waals surface area contributed by atoms with E-state index in [0.29, 0.717) is 53.2 Å². The number of anilines is 1. The number of nitrogens with zero attached hydrogens (tertiary/aromatic N) is 6. The van der Waals surface area contributed by atoms with Crippen LogP contribution in [0.15, 0.2) is 35.6 Å². The third-order valence-corrected chi connectivity index (χ3v) is 8.92. The molecule has 2 aliphatic rings. The van der Waals surface area contributed by atoms with Crippen molar-refractivity contribution in [3.8, 4) is 10.4 Å². The molecule has 0 unspecified atom stereocenters. The van der Waals surface area contributed by atoms with Gasteiger partial charge in [-0.1, -0.05) is 0 Å². The number of aromatic nitrogens is 6. The normalized spacial score (nSPS) is 19.4. The van der Waals surface area contributed by atoms with Gasteiger partial charge in [0.2, 0.25) is 5.91 Å². The highest BCUT2D eigenvalue weighted by Crippen LogP contribution is 2.37. The highest BCUT2D eigenvalue weighted by molar-refractivity contribution is 7.21. The van der Waals surface area contributed by atoms with E-state index in [-0.39, 0.29) is 11.5 Å². The number of likely N-dealkylation sites (tertiary alicyclic amines) is 1. The lowest BCUT2D eigenvalue weighted by Crippen LogP contribution is -2.34. The number of hydrogen-bond donors (Lipinski definition) is 2. The molecule has 38 heavy (non-hydrogen) atoms. The molecule has 0 radical (unpaired) electrons. The van der Waals surface area contributed by atoms with Crippen LogP contribution in [-0.2, 0) is 16.1 Å². The largest absolute Gasteiger partial charge is 0.383 e. The van der Waals surface area contributed by atoms with E-state index in [1.807, 2.05) is 17.1 Å². The fourth-order valence-electron chi connectivity index (χ4n) is 5.92. The average molecular weight is 533 g/mol. The zero-order valence-electron chi connectivity index (χ0n) is 21.0. The Balaban J connectivity index is 1.12. The van der Waals surface area contributed by atoms with Crippen LogP contribution in [0.3, 0.4) is 0 Å². The van der Waals surface area contributed by atoms with Crippen LogP contribution >= 0.6 is 11.3 Å². The first-order chi connectivity index (χ1) is 18.6. The van der Waals surface area contributed by atoms with E-state index in [0.717, 1.165) is 34.3 Å². The molecule has 5 aromatic heterocycles. The summed E-state index contributed by atoms with van der Waals surface area (Å²) in [4.78, 5) is 37.4. The van der Waals surface area contributed by atoms with Crippen molar-refractivity contribution in [1.29, 1.82) is 0 Å². The zero-order chi connectivity index (χ0) is 25.8. The Bertz CT molecular complexity index is 1730. The predicted molar refractivity (Wildman–Crippen MR) is 146 cm³/mol. The molecule has 1 aliphatic carbocycles. The number of H-pyrrole nitrogens is 1. The molecule has 1 amide bonds. The summed E-state index contributed by atoms with van der Waals surface area (Å²) >= 11 is 1.49. The standard InChI is InChI=1S/C26H28N8O3S/c1-37-7-6-33-13-16(10-28-33)20-14-34-26(38-20)22-24(31-34)23-19(30-25(22)36)9-17(11-27-23)29-21(35)4-5-32-12-15-2-3-18(32)8-15/h9-11,13-15,18H,2-8,12H2,1H3,(H,29,35)(H,30,36)/t15-,18+/m1/s1. The molecule has 1 aliphatic heterocycles. The lowest BCUT2D eigenvalue weighted by atomic mass is 10.1. The predicted octanol–water partition coefficient (Wildman–Crippen LogP) is 3.11. The lowest BCUT2D eigenvalue weighted by molar-refractivity contribution is -0.116. The maximum absolute atomic E-state index is 13.1. The molecular weight excluding hydrogens is 504 g/mol. The van der Waals surface area contributed by atoms with Crippen LogP contribution in [0.1, 0.15) is 25.7 Å². The summed E-state index contributed by atoms with van der Waals surface area (Å²) in [6.45, 7) is 3.15. The summed E-state index contributed by atoms with van der Waals surface area (Å²) in [5.74, 6) is 0.772. The Labute approximate surface area is 221 Å². The van der Waals surface area contributed by atoms with Crippen molar-refractivity contribution in [3.05, 3.63) is 41.2 Å². The van der Waals surface area contributed by atoms with Gasteiger partial charge in [0, 0.05) is 50.6 Å². The van der Waals surface area contributed by atoms with Crippen LogP contribution < -0.4 is 10.9 Å². The number of methoxy groups -OCH3 is 1. The van der Waals surface area contributed by atoms with Gasteiger partial charge in [-0.05, 0) is 31.2 Å². The van der Waals surface area contributed by atoms with Crippen LogP contribution in [0.4, 0.5) is 5.69 Å². The van der Waals surface area contributed by atoms with Gasteiger partial charge in [-0.2, -0.15) is 10.2 Å². The number of piperidine rings is 1. The number of carbonyl (C=O) groups is 1. The smallest absolute Gasteiger partial charge is 0.261 e. The number of pyridine rings is 2. The van der Waals surface area contributed by atoms with Crippen LogP contribution in [-0.4, -0.2) is 73.0 Å². The van der Waals surface area contributed by atoms with Gasteiger partial charge >= 0.3 is 0 Å². The third kappa shape index (κ3) is 4.08. The van der Waals surface area contributed by atoms with E-state index >= 15 is 0 Å². The molecule has 5 aromatic rings. The first kappa shape index (κ1) is 23.5. The fourth-order valence-corrected chi connectivity index (χ4v) is 6.98. The van der Waals surface area contributed by atoms with Gasteiger partial charge in [0.15, 0.2) is 0 Å². The van der Waals surface area contributed by atoms with Gasteiger partial charge in [0.25, 0.3) is 5.56 Å². The molecule has 196 valence electrons. The summed E-state index contributed by atoms with van der Waals surface area (Å²) in [6, 6.07) is 2.41. The SMILES string of the molecule is COCCn1cc(-c2cn3nc4c5ncc(NC(=O)CCN6C[C@@H]7CC[C@H]6C7)cc5[nH]c(=O)c4c3s2)cn1. The second-order valence-corrected chi connectivity index (χ2v) is 11.3. The molecule has 0 spiro atoms. The minimum atomic E-state index is -0.235. The monoisotopic (exact) mass is 532 g/mol. The van der Waals surface area contributed by atoms with Gasteiger partial charge in [-0.3, -0.25) is 24.2 Å². The van der Waals surface area contributed by atoms with E-state index < -0.39 is 0 Å². The second kappa shape index (κ2) is 9.29. The molecule has 2 N–H and O–H groups in total. The summed E-state index contributed by atoms with van der Waals surface area (Å²) in [5.41, 5.74) is 2.96. The topological polar surface area (TPSA) is 122 Å². The van der Waals surface area contributed by atoms with Crippen molar-refractivity contribution in [2.75, 3.05) is 32.1 Å². The van der Waals surface area contributed by atoms with Gasteiger partial charge in [-0.25, -0.2) is 4.52 Å². The Morgan fingerprint density at radius 2 is 2.16 bits per heavy atom. The molecular formula is C26H28N8O3S. The second-order valence-electron chi connectivity index (χ2n) is 10.3. The fraction of sp³-hybridized carbons (Fsp3) is 0.423. The number of nitrogens with one attached hydrogen (secondary N) is 2. The lowest BCUT2D eigenvalue weighted by Gasteiger charge is -2.26. The molecule has 0 aromatic carbocycles. The van der Waals surface area contributed by atoms with Gasteiger partial charge < -0.3 is 15.0 Å². The Morgan fingerprint density at radius 3 is 2.97 bits per heavy atom. The van der Waals surface area contributed by atoms with Crippen molar-refractivity contribution < 1.29 is 9.53 Å². The Morgan fingerprint density at radius 1 is 1.24 bits per heavy atom. The number of amides is 1. The summed E-state index contributed by atoms with van der Waals surface area (Å²) in [6.07, 6.45) is 11.6. The molecule has 2 atom stereocenters. The molecule has 2 fully saturated rings. The van der Waals surface area contributed by atoms with Crippen molar-refractivity contribution in [2.24, 2.45) is 5.92 Å². The van der Waals surface area contributed by atoms with Gasteiger partial charge in [0.05, 0.1) is 41.6 Å². The first-order valence-electron chi connectivity index (χ1n) is 13.0. The Kier molecular flexibility index (Phi) is 5.75. The third-order valence-electron chi connectivity index (χ3n) is 7.77. The van der Waals surface area contributed by atoms with Crippen LogP contribution in [0.5, 0.6) is 0 Å². The summed E-state index contributed by atoms with van der Waals surface area (Å²) < 4.78 is 8.68. The maximum Gasteiger partial charge on any atom is 0.261 e. The van der Waals surface area contributed by atoms with Crippen molar-refractivity contribution >= 4 is 49.7 Å². The van der Waals surface area contributed by atoms with Gasteiger partial charge in [0.1, 0.15) is 21.3 Å². The molecule has 11 nitrogen and oxygen atoms in total. The summed E-state index contributed by atoms with van der Waals surface area (Å²) in [7, 11) is 1.66. The Hall–Kier alpha value is -3.61. The van der Waals surface area contributed by atoms with Crippen LogP contribution in [0.25, 0.3) is 37.2 Å². The average Bonchev–Trinajstić information content (AvgIpc) is 3.72. The number of fused-ring (bicyclic) bond motifs is 7. The van der Waals surface area contributed by atoms with E-state index in [9.17, 15) is 9.59 Å². The highest BCUT2D eigenvalue weighted by atomic mass is 32.1. The van der Waals surface area contributed by atoms with E-state index in [1.165, 1.54) is 30.6 Å². The van der Waals surface area contributed by atoms with Crippen molar-refractivity contribution in [3.63, 3.8) is 0 Å². The minimum absolute atomic E-state index is 0.0436. The quantitative estimate of drug-likeness (QED) is 0.315. The van der Waals surface area contributed by atoms with Gasteiger partial charge in [-0.15, -0.1) is 11.3 Å². The molecule has 12 heteroatoms. The van der Waals surface area contributed by atoms with Crippen LogP contribution in [0, 0.1) is 5.92 Å². The minimum Gasteiger partial charge on any atom is -0.383 e. The van der Waals surface area contributed by atoms with Crippen molar-refractivity contribution in [2.45, 2.75) is 38.3 Å². The van der Waals surface area contributed by atoms with E-state index in [4.69, 9.17) is 9.84 Å². The number of rotatable bonds is 8. The van der Waals surface area contributed by atoms with E-state index in [1.54, 1.807) is 30.1 Å². The molecule has 2 bridgehead atoms.